The third-order valence-corrected chi connectivity index (χ3v) is 4.03. The lowest BCUT2D eigenvalue weighted by Gasteiger charge is -2.34. The minimum Gasteiger partial charge on any atom is -0.392 e. The largest absolute Gasteiger partial charge is 0.392 e. The summed E-state index contributed by atoms with van der Waals surface area (Å²) in [6.45, 7) is 2.93. The van der Waals surface area contributed by atoms with E-state index in [1.807, 2.05) is 0 Å². The van der Waals surface area contributed by atoms with E-state index in [0.29, 0.717) is 0 Å². The monoisotopic (exact) mass is 212 g/mol. The smallest absolute Gasteiger partial charge is 0.0667 e. The van der Waals surface area contributed by atoms with Crippen LogP contribution < -0.4 is 5.73 Å². The summed E-state index contributed by atoms with van der Waals surface area (Å²) in [5, 5.41) is 9.65. The molecule has 3 N–H and O–H groups in total. The van der Waals surface area contributed by atoms with Crippen LogP contribution in [0.15, 0.2) is 0 Å². The zero-order valence-corrected chi connectivity index (χ0v) is 9.57. The summed E-state index contributed by atoms with van der Waals surface area (Å²) >= 11 is 0. The number of aliphatic hydroxyl groups excluding tert-OH is 1. The van der Waals surface area contributed by atoms with Crippen molar-refractivity contribution < 1.29 is 5.11 Å². The molecule has 1 aliphatic carbocycles. The number of nitrogens with two attached hydrogens (primary N) is 1. The number of rotatable bonds is 3. The molecule has 2 rings (SSSR count). The van der Waals surface area contributed by atoms with Gasteiger partial charge in [-0.05, 0) is 57.5 Å². The Morgan fingerprint density at radius 2 is 2.13 bits per heavy atom. The third kappa shape index (κ3) is 2.92. The van der Waals surface area contributed by atoms with E-state index in [-0.39, 0.29) is 6.10 Å². The third-order valence-electron chi connectivity index (χ3n) is 4.03. The van der Waals surface area contributed by atoms with Crippen LogP contribution in [0.1, 0.15) is 38.5 Å². The van der Waals surface area contributed by atoms with E-state index in [4.69, 9.17) is 5.73 Å². The molecule has 1 saturated heterocycles. The zero-order valence-electron chi connectivity index (χ0n) is 9.57. The first kappa shape index (κ1) is 11.4. The molecule has 0 amide bonds. The second-order valence-electron chi connectivity index (χ2n) is 5.20. The molecule has 1 heterocycles. The number of β-amino-alcohol motifs (C(OH)–C–C–N with tert-alkyl or cyclic N) is 1. The Labute approximate surface area is 92.6 Å². The topological polar surface area (TPSA) is 49.5 Å². The van der Waals surface area contributed by atoms with Gasteiger partial charge in [0.05, 0.1) is 6.10 Å². The first-order valence-corrected chi connectivity index (χ1v) is 6.41. The van der Waals surface area contributed by atoms with E-state index in [1.54, 1.807) is 0 Å². The van der Waals surface area contributed by atoms with E-state index < -0.39 is 0 Å². The van der Waals surface area contributed by atoms with E-state index in [2.05, 4.69) is 4.90 Å². The van der Waals surface area contributed by atoms with Crippen molar-refractivity contribution in [1.82, 2.24) is 4.90 Å². The van der Waals surface area contributed by atoms with Crippen LogP contribution in [-0.2, 0) is 0 Å². The molecule has 3 unspecified atom stereocenters. The van der Waals surface area contributed by atoms with E-state index in [1.165, 1.54) is 38.6 Å². The Bertz CT molecular complexity index is 198. The summed E-state index contributed by atoms with van der Waals surface area (Å²) in [6, 6.07) is 0.733. The highest BCUT2D eigenvalue weighted by atomic mass is 16.3. The highest BCUT2D eigenvalue weighted by Crippen LogP contribution is 2.32. The van der Waals surface area contributed by atoms with Gasteiger partial charge in [-0.15, -0.1) is 0 Å². The molecule has 1 saturated carbocycles. The van der Waals surface area contributed by atoms with Crippen LogP contribution in [-0.4, -0.2) is 41.8 Å². The van der Waals surface area contributed by atoms with Crippen molar-refractivity contribution in [3.8, 4) is 0 Å². The van der Waals surface area contributed by atoms with Crippen molar-refractivity contribution in [2.45, 2.75) is 50.7 Å². The minimum absolute atomic E-state index is 0.0766. The second kappa shape index (κ2) is 5.28. The summed E-state index contributed by atoms with van der Waals surface area (Å²) in [5.41, 5.74) is 5.60. The predicted molar refractivity (Wildman–Crippen MR) is 61.6 cm³/mol. The first-order valence-electron chi connectivity index (χ1n) is 6.41. The molecule has 2 aliphatic rings. The summed E-state index contributed by atoms with van der Waals surface area (Å²) in [7, 11) is 0. The van der Waals surface area contributed by atoms with Gasteiger partial charge in [0.1, 0.15) is 0 Å². The number of piperidine rings is 1. The fourth-order valence-electron chi connectivity index (χ4n) is 3.19. The van der Waals surface area contributed by atoms with Crippen molar-refractivity contribution in [3.63, 3.8) is 0 Å². The van der Waals surface area contributed by atoms with Gasteiger partial charge in [0.2, 0.25) is 0 Å². The Hall–Kier alpha value is -0.120. The zero-order chi connectivity index (χ0) is 10.7. The Morgan fingerprint density at radius 3 is 2.87 bits per heavy atom. The molecule has 0 radical (unpaired) electrons. The van der Waals surface area contributed by atoms with Crippen LogP contribution in [0.2, 0.25) is 0 Å². The van der Waals surface area contributed by atoms with Crippen LogP contribution in [0.25, 0.3) is 0 Å². The van der Waals surface area contributed by atoms with Crippen LogP contribution in [0, 0.1) is 5.92 Å². The van der Waals surface area contributed by atoms with Crippen LogP contribution in [0.4, 0.5) is 0 Å². The van der Waals surface area contributed by atoms with Gasteiger partial charge in [-0.3, -0.25) is 4.90 Å². The fourth-order valence-corrected chi connectivity index (χ4v) is 3.19. The van der Waals surface area contributed by atoms with Crippen LogP contribution >= 0.6 is 0 Å². The Morgan fingerprint density at radius 1 is 1.27 bits per heavy atom. The van der Waals surface area contributed by atoms with Gasteiger partial charge in [0.15, 0.2) is 0 Å². The standard InChI is InChI=1S/C12H24N2O/c13-6-5-10-3-4-11(8-10)14-7-1-2-12(15)9-14/h10-12,15H,1-9,13H2. The highest BCUT2D eigenvalue weighted by molar-refractivity contribution is 4.86. The lowest BCUT2D eigenvalue weighted by molar-refractivity contribution is 0.0468. The van der Waals surface area contributed by atoms with Crippen molar-refractivity contribution in [1.29, 1.82) is 0 Å². The molecule has 0 aromatic rings. The Balaban J connectivity index is 1.79. The molecular formula is C12H24N2O. The molecule has 1 aliphatic heterocycles. The lowest BCUT2D eigenvalue weighted by atomic mass is 10.0. The van der Waals surface area contributed by atoms with Gasteiger partial charge in [-0.1, -0.05) is 0 Å². The molecule has 88 valence electrons. The lowest BCUT2D eigenvalue weighted by Crippen LogP contribution is -2.43. The second-order valence-corrected chi connectivity index (χ2v) is 5.20. The molecule has 2 fully saturated rings. The van der Waals surface area contributed by atoms with E-state index in [9.17, 15) is 5.11 Å². The minimum atomic E-state index is -0.0766. The van der Waals surface area contributed by atoms with Gasteiger partial charge in [-0.2, -0.15) is 0 Å². The summed E-state index contributed by atoms with van der Waals surface area (Å²) < 4.78 is 0. The van der Waals surface area contributed by atoms with Gasteiger partial charge in [-0.25, -0.2) is 0 Å². The first-order chi connectivity index (χ1) is 7.29. The Kier molecular flexibility index (Phi) is 4.00. The summed E-state index contributed by atoms with van der Waals surface area (Å²) in [5.74, 6) is 0.846. The average molecular weight is 212 g/mol. The normalized spacial score (nSPS) is 38.4. The van der Waals surface area contributed by atoms with Crippen molar-refractivity contribution in [3.05, 3.63) is 0 Å². The van der Waals surface area contributed by atoms with E-state index >= 15 is 0 Å². The number of hydrogen-bond donors (Lipinski definition) is 2. The molecule has 3 heteroatoms. The maximum atomic E-state index is 9.65. The molecule has 0 aromatic heterocycles. The van der Waals surface area contributed by atoms with Gasteiger partial charge in [0.25, 0.3) is 0 Å². The molecule has 0 aromatic carbocycles. The maximum absolute atomic E-state index is 9.65. The fraction of sp³-hybridized carbons (Fsp3) is 1.00. The molecule has 15 heavy (non-hydrogen) atoms. The number of hydrogen-bond acceptors (Lipinski definition) is 3. The molecule has 0 bridgehead atoms. The van der Waals surface area contributed by atoms with Gasteiger partial charge in [0, 0.05) is 12.6 Å². The molecule has 3 nitrogen and oxygen atoms in total. The number of aliphatic hydroxyl groups is 1. The predicted octanol–water partition coefficient (Wildman–Crippen LogP) is 0.961. The molecule has 3 atom stereocenters. The quantitative estimate of drug-likeness (QED) is 0.732. The number of likely N-dealkylation sites (tertiary alicyclic amines) is 1. The average Bonchev–Trinajstić information content (AvgIpc) is 2.67. The summed E-state index contributed by atoms with van der Waals surface area (Å²) in [4.78, 5) is 2.50. The van der Waals surface area contributed by atoms with Gasteiger partial charge < -0.3 is 10.8 Å². The maximum Gasteiger partial charge on any atom is 0.0667 e. The van der Waals surface area contributed by atoms with Crippen LogP contribution in [0.5, 0.6) is 0 Å². The molecule has 0 spiro atoms. The van der Waals surface area contributed by atoms with E-state index in [0.717, 1.165) is 31.5 Å². The molecular weight excluding hydrogens is 188 g/mol. The van der Waals surface area contributed by atoms with Crippen molar-refractivity contribution >= 4 is 0 Å². The number of nitrogens with zero attached hydrogens (tertiary/aromatic N) is 1. The van der Waals surface area contributed by atoms with Crippen LogP contribution in [0.3, 0.4) is 0 Å². The highest BCUT2D eigenvalue weighted by Gasteiger charge is 2.31. The van der Waals surface area contributed by atoms with Crippen molar-refractivity contribution in [2.24, 2.45) is 11.7 Å². The summed E-state index contributed by atoms with van der Waals surface area (Å²) in [6.07, 6.45) is 7.24. The SMILES string of the molecule is NCCC1CCC(N2CCCC(O)C2)C1. The van der Waals surface area contributed by atoms with Crippen molar-refractivity contribution in [2.75, 3.05) is 19.6 Å². The van der Waals surface area contributed by atoms with Gasteiger partial charge >= 0.3 is 0 Å².